The van der Waals surface area contributed by atoms with E-state index < -0.39 is 0 Å². The molecule has 0 atom stereocenters. The highest BCUT2D eigenvalue weighted by Crippen LogP contribution is 2.32. The molecule has 22 heavy (non-hydrogen) atoms. The molecule has 0 aliphatic rings. The minimum Gasteiger partial charge on any atom is -0.493 e. The minimum atomic E-state index is -0.0278. The van der Waals surface area contributed by atoms with E-state index in [0.29, 0.717) is 27.1 Å². The Morgan fingerprint density at radius 1 is 1.18 bits per heavy atom. The standard InChI is InChI=1S/C16H9ClN2O2S/c17-12-2-4-13(5-3-12)21-14-6-1-10(7-11(14)8-18)16-19-15(20)9-22-16/h1-7,9,20H. The molecule has 0 radical (unpaired) electrons. The van der Waals surface area contributed by atoms with Crippen molar-refractivity contribution in [1.29, 1.82) is 5.26 Å². The predicted molar refractivity (Wildman–Crippen MR) is 85.5 cm³/mol. The van der Waals surface area contributed by atoms with Crippen molar-refractivity contribution in [2.75, 3.05) is 0 Å². The molecule has 3 rings (SSSR count). The Kier molecular flexibility index (Phi) is 3.96. The molecule has 1 N–H and O–H groups in total. The van der Waals surface area contributed by atoms with Crippen molar-refractivity contribution in [2.24, 2.45) is 0 Å². The van der Waals surface area contributed by atoms with Crippen LogP contribution in [0, 0.1) is 11.3 Å². The maximum absolute atomic E-state index is 9.31. The van der Waals surface area contributed by atoms with Gasteiger partial charge in [0.1, 0.15) is 22.6 Å². The molecule has 0 fully saturated rings. The van der Waals surface area contributed by atoms with Gasteiger partial charge in [0.15, 0.2) is 0 Å². The van der Waals surface area contributed by atoms with Crippen LogP contribution in [0.1, 0.15) is 5.56 Å². The van der Waals surface area contributed by atoms with Crippen LogP contribution in [0.3, 0.4) is 0 Å². The van der Waals surface area contributed by atoms with Crippen LogP contribution in [0.5, 0.6) is 17.4 Å². The van der Waals surface area contributed by atoms with Gasteiger partial charge in [0.2, 0.25) is 5.88 Å². The Balaban J connectivity index is 1.92. The summed E-state index contributed by atoms with van der Waals surface area (Å²) in [6.45, 7) is 0. The first kappa shape index (κ1) is 14.4. The molecule has 0 saturated carbocycles. The number of nitriles is 1. The summed E-state index contributed by atoms with van der Waals surface area (Å²) in [6, 6.07) is 14.2. The van der Waals surface area contributed by atoms with Crippen LogP contribution in [-0.4, -0.2) is 10.1 Å². The normalized spacial score (nSPS) is 10.2. The van der Waals surface area contributed by atoms with Crippen molar-refractivity contribution in [1.82, 2.24) is 4.98 Å². The van der Waals surface area contributed by atoms with E-state index in [1.165, 1.54) is 11.3 Å². The third kappa shape index (κ3) is 3.03. The molecule has 3 aromatic rings. The first-order chi connectivity index (χ1) is 10.7. The first-order valence-electron chi connectivity index (χ1n) is 6.28. The molecule has 108 valence electrons. The molecule has 2 aromatic carbocycles. The largest absolute Gasteiger partial charge is 0.493 e. The number of nitrogens with zero attached hydrogens (tertiary/aromatic N) is 2. The van der Waals surface area contributed by atoms with E-state index in [1.807, 2.05) is 0 Å². The van der Waals surface area contributed by atoms with Gasteiger partial charge in [0, 0.05) is 10.6 Å². The van der Waals surface area contributed by atoms with Crippen molar-refractivity contribution in [3.63, 3.8) is 0 Å². The zero-order valence-electron chi connectivity index (χ0n) is 11.2. The number of ether oxygens (including phenoxy) is 1. The van der Waals surface area contributed by atoms with Crippen LogP contribution in [0.4, 0.5) is 0 Å². The zero-order chi connectivity index (χ0) is 15.5. The molecule has 0 bridgehead atoms. The molecule has 1 heterocycles. The van der Waals surface area contributed by atoms with Crippen molar-refractivity contribution in [3.8, 4) is 34.0 Å². The van der Waals surface area contributed by atoms with E-state index in [1.54, 1.807) is 47.8 Å². The van der Waals surface area contributed by atoms with Crippen LogP contribution in [0.25, 0.3) is 10.6 Å². The summed E-state index contributed by atoms with van der Waals surface area (Å²) < 4.78 is 5.70. The number of thiazole rings is 1. The zero-order valence-corrected chi connectivity index (χ0v) is 12.7. The van der Waals surface area contributed by atoms with Gasteiger partial charge in [0.05, 0.1) is 10.9 Å². The number of halogens is 1. The fourth-order valence-electron chi connectivity index (χ4n) is 1.87. The molecule has 0 unspecified atom stereocenters. The highest BCUT2D eigenvalue weighted by molar-refractivity contribution is 7.13. The highest BCUT2D eigenvalue weighted by atomic mass is 35.5. The van der Waals surface area contributed by atoms with Gasteiger partial charge in [-0.25, -0.2) is 4.98 Å². The van der Waals surface area contributed by atoms with Crippen LogP contribution >= 0.6 is 22.9 Å². The fraction of sp³-hybridized carbons (Fsp3) is 0. The van der Waals surface area contributed by atoms with Crippen molar-refractivity contribution in [3.05, 3.63) is 58.4 Å². The van der Waals surface area contributed by atoms with Crippen LogP contribution < -0.4 is 4.74 Å². The number of benzene rings is 2. The van der Waals surface area contributed by atoms with Crippen molar-refractivity contribution < 1.29 is 9.84 Å². The fourth-order valence-corrected chi connectivity index (χ4v) is 2.67. The third-order valence-corrected chi connectivity index (χ3v) is 4.01. The molecular weight excluding hydrogens is 320 g/mol. The Labute approximate surface area is 135 Å². The third-order valence-electron chi connectivity index (χ3n) is 2.88. The average Bonchev–Trinajstić information content (AvgIpc) is 2.96. The Morgan fingerprint density at radius 2 is 1.95 bits per heavy atom. The lowest BCUT2D eigenvalue weighted by Crippen LogP contribution is -1.89. The van der Waals surface area contributed by atoms with Crippen molar-refractivity contribution in [2.45, 2.75) is 0 Å². The van der Waals surface area contributed by atoms with E-state index in [-0.39, 0.29) is 5.88 Å². The summed E-state index contributed by atoms with van der Waals surface area (Å²) >= 11 is 7.14. The van der Waals surface area contributed by atoms with E-state index in [9.17, 15) is 10.4 Å². The summed E-state index contributed by atoms with van der Waals surface area (Å²) in [6.07, 6.45) is 0. The van der Waals surface area contributed by atoms with Crippen molar-refractivity contribution >= 4 is 22.9 Å². The number of aromatic nitrogens is 1. The van der Waals surface area contributed by atoms with Gasteiger partial charge in [-0.3, -0.25) is 0 Å². The van der Waals surface area contributed by atoms with Crippen LogP contribution in [0.2, 0.25) is 5.02 Å². The molecule has 1 aromatic heterocycles. The lowest BCUT2D eigenvalue weighted by molar-refractivity contribution is 0.458. The lowest BCUT2D eigenvalue weighted by Gasteiger charge is -2.08. The van der Waals surface area contributed by atoms with E-state index in [4.69, 9.17) is 16.3 Å². The maximum atomic E-state index is 9.31. The second-order valence-corrected chi connectivity index (χ2v) is 5.68. The number of aromatic hydroxyl groups is 1. The molecule has 0 amide bonds. The second kappa shape index (κ2) is 6.06. The average molecular weight is 329 g/mol. The topological polar surface area (TPSA) is 66.1 Å². The van der Waals surface area contributed by atoms with E-state index >= 15 is 0 Å². The van der Waals surface area contributed by atoms with Gasteiger partial charge in [-0.15, -0.1) is 11.3 Å². The molecule has 4 nitrogen and oxygen atoms in total. The SMILES string of the molecule is N#Cc1cc(-c2nc(O)cs2)ccc1Oc1ccc(Cl)cc1. The summed E-state index contributed by atoms with van der Waals surface area (Å²) in [4.78, 5) is 3.99. The minimum absolute atomic E-state index is 0.0278. The predicted octanol–water partition coefficient (Wildman–Crippen LogP) is 4.83. The Morgan fingerprint density at radius 3 is 2.59 bits per heavy atom. The van der Waals surface area contributed by atoms with Gasteiger partial charge in [-0.05, 0) is 42.5 Å². The van der Waals surface area contributed by atoms with E-state index in [2.05, 4.69) is 11.1 Å². The van der Waals surface area contributed by atoms with Gasteiger partial charge < -0.3 is 9.84 Å². The van der Waals surface area contributed by atoms with Gasteiger partial charge in [-0.2, -0.15) is 5.26 Å². The summed E-state index contributed by atoms with van der Waals surface area (Å²) in [5.74, 6) is 1.02. The Bertz CT molecular complexity index is 853. The van der Waals surface area contributed by atoms with Gasteiger partial charge in [-0.1, -0.05) is 11.6 Å². The monoisotopic (exact) mass is 328 g/mol. The van der Waals surface area contributed by atoms with Crippen LogP contribution in [-0.2, 0) is 0 Å². The maximum Gasteiger partial charge on any atom is 0.222 e. The number of hydrogen-bond donors (Lipinski definition) is 1. The van der Waals surface area contributed by atoms with Gasteiger partial charge in [0.25, 0.3) is 0 Å². The number of hydrogen-bond acceptors (Lipinski definition) is 5. The summed E-state index contributed by atoms with van der Waals surface area (Å²) in [5, 5.41) is 21.4. The molecular formula is C16H9ClN2O2S. The molecule has 6 heteroatoms. The molecule has 0 aliphatic carbocycles. The number of rotatable bonds is 3. The highest BCUT2D eigenvalue weighted by Gasteiger charge is 2.10. The lowest BCUT2D eigenvalue weighted by atomic mass is 10.1. The second-order valence-electron chi connectivity index (χ2n) is 4.39. The van der Waals surface area contributed by atoms with Gasteiger partial charge >= 0.3 is 0 Å². The first-order valence-corrected chi connectivity index (χ1v) is 7.54. The molecule has 0 spiro atoms. The van der Waals surface area contributed by atoms with Crippen LogP contribution in [0.15, 0.2) is 47.8 Å². The Hall–Kier alpha value is -2.55. The molecule has 0 aliphatic heterocycles. The quantitative estimate of drug-likeness (QED) is 0.747. The van der Waals surface area contributed by atoms with E-state index in [0.717, 1.165) is 5.56 Å². The smallest absolute Gasteiger partial charge is 0.222 e. The molecule has 0 saturated heterocycles. The summed E-state index contributed by atoms with van der Waals surface area (Å²) in [5.41, 5.74) is 1.15. The summed E-state index contributed by atoms with van der Waals surface area (Å²) in [7, 11) is 0.